The van der Waals surface area contributed by atoms with E-state index in [0.29, 0.717) is 11.6 Å². The third-order valence-electron chi connectivity index (χ3n) is 3.74. The molecule has 1 aliphatic carbocycles. The van der Waals surface area contributed by atoms with E-state index in [-0.39, 0.29) is 23.9 Å². The zero-order chi connectivity index (χ0) is 12.7. The van der Waals surface area contributed by atoms with Crippen molar-refractivity contribution < 1.29 is 9.18 Å². The highest BCUT2D eigenvalue weighted by Gasteiger charge is 2.46. The van der Waals surface area contributed by atoms with Gasteiger partial charge >= 0.3 is 0 Å². The fraction of sp³-hybridized carbons (Fsp3) is 0.500. The van der Waals surface area contributed by atoms with Gasteiger partial charge in [0.25, 0.3) is 0 Å². The van der Waals surface area contributed by atoms with Crippen LogP contribution in [0, 0.1) is 5.82 Å². The summed E-state index contributed by atoms with van der Waals surface area (Å²) in [6, 6.07) is 6.82. The molecule has 18 heavy (non-hydrogen) atoms. The standard InChI is InChI=1S/C14H17FN2O/c1-2-12-14(18)17(9-7-8-9)13(16-12)10-5-3-4-6-11(10)15/h3-6,9,12-13,16H,2,7-8H2,1H3. The number of amides is 1. The SMILES string of the molecule is CCC1NC(c2ccccc2F)N(C2CC2)C1=O. The average molecular weight is 248 g/mol. The van der Waals surface area contributed by atoms with Gasteiger partial charge in [-0.05, 0) is 25.3 Å². The number of carbonyl (C=O) groups excluding carboxylic acids is 1. The Kier molecular flexibility index (Phi) is 2.82. The topological polar surface area (TPSA) is 32.3 Å². The van der Waals surface area contributed by atoms with E-state index in [1.807, 2.05) is 17.9 Å². The molecular formula is C14H17FN2O. The number of hydrogen-bond donors (Lipinski definition) is 1. The van der Waals surface area contributed by atoms with Gasteiger partial charge in [-0.3, -0.25) is 10.1 Å². The first-order valence-corrected chi connectivity index (χ1v) is 6.55. The highest BCUT2D eigenvalue weighted by Crippen LogP contribution is 2.38. The number of nitrogens with one attached hydrogen (secondary N) is 1. The minimum absolute atomic E-state index is 0.119. The summed E-state index contributed by atoms with van der Waals surface area (Å²) in [4.78, 5) is 14.1. The molecule has 0 radical (unpaired) electrons. The van der Waals surface area contributed by atoms with Crippen LogP contribution in [0.5, 0.6) is 0 Å². The second kappa shape index (κ2) is 4.35. The summed E-state index contributed by atoms with van der Waals surface area (Å²) in [5, 5.41) is 3.26. The molecule has 1 N–H and O–H groups in total. The van der Waals surface area contributed by atoms with Gasteiger partial charge in [0.15, 0.2) is 0 Å². The summed E-state index contributed by atoms with van der Waals surface area (Å²) in [5.74, 6) is -0.126. The third-order valence-corrected chi connectivity index (χ3v) is 3.74. The zero-order valence-corrected chi connectivity index (χ0v) is 10.4. The van der Waals surface area contributed by atoms with Crippen LogP contribution >= 0.6 is 0 Å². The Morgan fingerprint density at radius 1 is 1.39 bits per heavy atom. The first-order valence-electron chi connectivity index (χ1n) is 6.55. The molecule has 0 bridgehead atoms. The van der Waals surface area contributed by atoms with E-state index < -0.39 is 0 Å². The maximum atomic E-state index is 13.9. The number of halogens is 1. The van der Waals surface area contributed by atoms with Gasteiger partial charge in [-0.15, -0.1) is 0 Å². The normalized spacial score (nSPS) is 27.9. The number of benzene rings is 1. The molecule has 1 aromatic rings. The molecule has 0 aromatic heterocycles. The molecular weight excluding hydrogens is 231 g/mol. The molecule has 2 aliphatic rings. The maximum absolute atomic E-state index is 13.9. The van der Waals surface area contributed by atoms with Gasteiger partial charge in [-0.1, -0.05) is 25.1 Å². The first-order chi connectivity index (χ1) is 8.72. The highest BCUT2D eigenvalue weighted by molar-refractivity contribution is 5.85. The van der Waals surface area contributed by atoms with E-state index in [4.69, 9.17) is 0 Å². The van der Waals surface area contributed by atoms with Crippen LogP contribution in [0.4, 0.5) is 4.39 Å². The van der Waals surface area contributed by atoms with Crippen LogP contribution in [0.25, 0.3) is 0 Å². The summed E-state index contributed by atoms with van der Waals surface area (Å²) in [7, 11) is 0. The Morgan fingerprint density at radius 3 is 2.72 bits per heavy atom. The van der Waals surface area contributed by atoms with Gasteiger partial charge in [0.1, 0.15) is 12.0 Å². The molecule has 2 unspecified atom stereocenters. The summed E-state index contributed by atoms with van der Waals surface area (Å²) >= 11 is 0. The molecule has 2 fully saturated rings. The van der Waals surface area contributed by atoms with Crippen molar-refractivity contribution in [2.75, 3.05) is 0 Å². The predicted octanol–water partition coefficient (Wildman–Crippen LogP) is 2.20. The Labute approximate surface area is 106 Å². The third kappa shape index (κ3) is 1.81. The van der Waals surface area contributed by atoms with Crippen LogP contribution in [0.15, 0.2) is 24.3 Å². The highest BCUT2D eigenvalue weighted by atomic mass is 19.1. The van der Waals surface area contributed by atoms with E-state index in [1.165, 1.54) is 6.07 Å². The lowest BCUT2D eigenvalue weighted by Gasteiger charge is -2.24. The van der Waals surface area contributed by atoms with Gasteiger partial charge in [-0.2, -0.15) is 0 Å². The lowest BCUT2D eigenvalue weighted by Crippen LogP contribution is -2.33. The number of hydrogen-bond acceptors (Lipinski definition) is 2. The van der Waals surface area contributed by atoms with Crippen molar-refractivity contribution in [3.05, 3.63) is 35.6 Å². The van der Waals surface area contributed by atoms with E-state index in [0.717, 1.165) is 19.3 Å². The van der Waals surface area contributed by atoms with Crippen molar-refractivity contribution in [3.8, 4) is 0 Å². The number of nitrogens with zero attached hydrogens (tertiary/aromatic N) is 1. The number of rotatable bonds is 3. The van der Waals surface area contributed by atoms with E-state index >= 15 is 0 Å². The molecule has 1 heterocycles. The molecule has 2 atom stereocenters. The van der Waals surface area contributed by atoms with Crippen LogP contribution in [0.1, 0.15) is 37.9 Å². The summed E-state index contributed by atoms with van der Waals surface area (Å²) in [5.41, 5.74) is 0.578. The molecule has 1 saturated heterocycles. The van der Waals surface area contributed by atoms with E-state index in [9.17, 15) is 9.18 Å². The van der Waals surface area contributed by atoms with Crippen LogP contribution in [0.3, 0.4) is 0 Å². The van der Waals surface area contributed by atoms with Crippen LogP contribution in [-0.4, -0.2) is 22.9 Å². The van der Waals surface area contributed by atoms with Crippen LogP contribution in [-0.2, 0) is 4.79 Å². The first kappa shape index (κ1) is 11.7. The van der Waals surface area contributed by atoms with Crippen LogP contribution in [0.2, 0.25) is 0 Å². The molecule has 1 amide bonds. The van der Waals surface area contributed by atoms with Gasteiger partial charge in [0, 0.05) is 11.6 Å². The number of carbonyl (C=O) groups is 1. The van der Waals surface area contributed by atoms with Gasteiger partial charge < -0.3 is 4.90 Å². The molecule has 1 aromatic carbocycles. The van der Waals surface area contributed by atoms with Gasteiger partial charge in [0.2, 0.25) is 5.91 Å². The quantitative estimate of drug-likeness (QED) is 0.889. The monoisotopic (exact) mass is 248 g/mol. The molecule has 96 valence electrons. The molecule has 0 spiro atoms. The fourth-order valence-electron chi connectivity index (χ4n) is 2.62. The van der Waals surface area contributed by atoms with Crippen LogP contribution < -0.4 is 5.32 Å². The largest absolute Gasteiger partial charge is 0.318 e. The Bertz CT molecular complexity index is 473. The fourth-order valence-corrected chi connectivity index (χ4v) is 2.62. The van der Waals surface area contributed by atoms with E-state index in [1.54, 1.807) is 12.1 Å². The second-order valence-electron chi connectivity index (χ2n) is 5.03. The van der Waals surface area contributed by atoms with Crippen molar-refractivity contribution in [1.29, 1.82) is 0 Å². The zero-order valence-electron chi connectivity index (χ0n) is 10.4. The van der Waals surface area contributed by atoms with Crippen molar-refractivity contribution >= 4 is 5.91 Å². The Morgan fingerprint density at radius 2 is 2.11 bits per heavy atom. The summed E-state index contributed by atoms with van der Waals surface area (Å²) in [6.07, 6.45) is 2.52. The second-order valence-corrected chi connectivity index (χ2v) is 5.03. The molecule has 3 rings (SSSR count). The molecule has 4 heteroatoms. The summed E-state index contributed by atoms with van der Waals surface area (Å²) in [6.45, 7) is 1.98. The summed E-state index contributed by atoms with van der Waals surface area (Å²) < 4.78 is 13.9. The minimum Gasteiger partial charge on any atom is -0.318 e. The Balaban J connectivity index is 1.95. The predicted molar refractivity (Wildman–Crippen MR) is 66.2 cm³/mol. The average Bonchev–Trinajstić information content (AvgIpc) is 3.14. The minimum atomic E-state index is -0.295. The maximum Gasteiger partial charge on any atom is 0.241 e. The van der Waals surface area contributed by atoms with Crippen molar-refractivity contribution in [1.82, 2.24) is 10.2 Å². The smallest absolute Gasteiger partial charge is 0.241 e. The molecule has 3 nitrogen and oxygen atoms in total. The Hall–Kier alpha value is -1.42. The lowest BCUT2D eigenvalue weighted by molar-refractivity contribution is -0.130. The van der Waals surface area contributed by atoms with Gasteiger partial charge in [-0.25, -0.2) is 4.39 Å². The van der Waals surface area contributed by atoms with Crippen molar-refractivity contribution in [2.45, 2.75) is 44.4 Å². The molecule has 1 aliphatic heterocycles. The van der Waals surface area contributed by atoms with Crippen molar-refractivity contribution in [3.63, 3.8) is 0 Å². The molecule has 1 saturated carbocycles. The lowest BCUT2D eigenvalue weighted by atomic mass is 10.1. The van der Waals surface area contributed by atoms with E-state index in [2.05, 4.69) is 5.32 Å². The van der Waals surface area contributed by atoms with Gasteiger partial charge in [0.05, 0.1) is 6.04 Å². The van der Waals surface area contributed by atoms with Crippen molar-refractivity contribution in [2.24, 2.45) is 0 Å².